The molecule has 3 nitrogen and oxygen atoms in total. The molecule has 17 heavy (non-hydrogen) atoms. The van der Waals surface area contributed by atoms with Crippen LogP contribution in [0.5, 0.6) is 0 Å². The fraction of sp³-hybridized carbons (Fsp3) is 0.417. The summed E-state index contributed by atoms with van der Waals surface area (Å²) in [5.41, 5.74) is -0.654. The van der Waals surface area contributed by atoms with Crippen LogP contribution in [0.2, 0.25) is 0 Å². The smallest absolute Gasteiger partial charge is 0.338 e. The maximum Gasteiger partial charge on any atom is 0.338 e. The largest absolute Gasteiger partial charge is 0.478 e. The van der Waals surface area contributed by atoms with Crippen molar-refractivity contribution in [1.82, 2.24) is 0 Å². The molecule has 0 atom stereocenters. The number of aromatic carboxylic acids is 1. The zero-order valence-electron chi connectivity index (χ0n) is 9.76. The lowest BCUT2D eigenvalue weighted by Crippen LogP contribution is -2.18. The summed E-state index contributed by atoms with van der Waals surface area (Å²) >= 11 is 0. The first-order chi connectivity index (χ1) is 8.01. The molecule has 0 aliphatic carbocycles. The number of carbonyl (C=O) groups is 1. The number of carboxylic acid groups (broad SMARTS) is 1. The van der Waals surface area contributed by atoms with Gasteiger partial charge in [0.2, 0.25) is 0 Å². The van der Waals surface area contributed by atoms with Crippen LogP contribution in [0.4, 0.5) is 14.5 Å². The molecule has 2 N–H and O–H groups in total. The van der Waals surface area contributed by atoms with E-state index in [4.69, 9.17) is 5.11 Å². The molecule has 1 aromatic carbocycles. The second-order valence-electron chi connectivity index (χ2n) is 3.75. The second-order valence-corrected chi connectivity index (χ2v) is 3.75. The van der Waals surface area contributed by atoms with Crippen molar-refractivity contribution in [3.05, 3.63) is 29.3 Å². The Morgan fingerprint density at radius 1 is 1.29 bits per heavy atom. The van der Waals surface area contributed by atoms with E-state index < -0.39 is 23.2 Å². The standard InChI is InChI=1S/C12H15F2NO2/c1-3-7(4-2)15-9-6-5-8(12(16)17)10(13)11(9)14/h5-7,15H,3-4H2,1-2H3,(H,16,17). The number of halogens is 2. The maximum absolute atomic E-state index is 13.6. The molecule has 0 aliphatic rings. The molecule has 1 aromatic rings. The van der Waals surface area contributed by atoms with Crippen molar-refractivity contribution in [2.75, 3.05) is 5.32 Å². The molecular formula is C12H15F2NO2. The van der Waals surface area contributed by atoms with Crippen LogP contribution in [-0.4, -0.2) is 17.1 Å². The average Bonchev–Trinajstić information content (AvgIpc) is 2.30. The highest BCUT2D eigenvalue weighted by molar-refractivity contribution is 5.88. The van der Waals surface area contributed by atoms with Gasteiger partial charge < -0.3 is 10.4 Å². The van der Waals surface area contributed by atoms with E-state index in [1.807, 2.05) is 13.8 Å². The highest BCUT2D eigenvalue weighted by Crippen LogP contribution is 2.22. The van der Waals surface area contributed by atoms with Crippen molar-refractivity contribution in [3.63, 3.8) is 0 Å². The SMILES string of the molecule is CCC(CC)Nc1ccc(C(=O)O)c(F)c1F. The predicted octanol–water partition coefficient (Wildman–Crippen LogP) is 3.26. The lowest BCUT2D eigenvalue weighted by atomic mass is 10.1. The monoisotopic (exact) mass is 243 g/mol. The van der Waals surface area contributed by atoms with Gasteiger partial charge in [0.1, 0.15) is 0 Å². The van der Waals surface area contributed by atoms with E-state index in [2.05, 4.69) is 5.32 Å². The van der Waals surface area contributed by atoms with Crippen molar-refractivity contribution in [2.24, 2.45) is 0 Å². The zero-order valence-corrected chi connectivity index (χ0v) is 9.76. The highest BCUT2D eigenvalue weighted by Gasteiger charge is 2.18. The minimum atomic E-state index is -1.48. The van der Waals surface area contributed by atoms with Gasteiger partial charge in [-0.1, -0.05) is 13.8 Å². The molecule has 0 spiro atoms. The molecule has 5 heteroatoms. The van der Waals surface area contributed by atoms with E-state index in [9.17, 15) is 13.6 Å². The zero-order chi connectivity index (χ0) is 13.0. The van der Waals surface area contributed by atoms with Crippen LogP contribution in [-0.2, 0) is 0 Å². The van der Waals surface area contributed by atoms with Gasteiger partial charge in [0.15, 0.2) is 11.6 Å². The minimum absolute atomic E-state index is 0.00111. The summed E-state index contributed by atoms with van der Waals surface area (Å²) in [6.07, 6.45) is 1.55. The Morgan fingerprint density at radius 2 is 1.88 bits per heavy atom. The number of nitrogens with one attached hydrogen (secondary N) is 1. The molecular weight excluding hydrogens is 228 g/mol. The van der Waals surface area contributed by atoms with Crippen molar-refractivity contribution < 1.29 is 18.7 Å². The first kappa shape index (κ1) is 13.4. The van der Waals surface area contributed by atoms with Gasteiger partial charge in [-0.2, -0.15) is 0 Å². The van der Waals surface area contributed by atoms with E-state index >= 15 is 0 Å². The van der Waals surface area contributed by atoms with Crippen molar-refractivity contribution in [1.29, 1.82) is 0 Å². The van der Waals surface area contributed by atoms with Gasteiger partial charge in [-0.15, -0.1) is 0 Å². The number of anilines is 1. The lowest BCUT2D eigenvalue weighted by Gasteiger charge is -2.17. The lowest BCUT2D eigenvalue weighted by molar-refractivity contribution is 0.0690. The van der Waals surface area contributed by atoms with Gasteiger partial charge in [-0.05, 0) is 25.0 Å². The molecule has 0 aliphatic heterocycles. The average molecular weight is 243 g/mol. The first-order valence-electron chi connectivity index (χ1n) is 5.49. The number of carboxylic acids is 1. The summed E-state index contributed by atoms with van der Waals surface area (Å²) in [7, 11) is 0. The summed E-state index contributed by atoms with van der Waals surface area (Å²) in [5.74, 6) is -3.94. The van der Waals surface area contributed by atoms with Crippen LogP contribution in [0.1, 0.15) is 37.0 Å². The number of hydrogen-bond donors (Lipinski definition) is 2. The Balaban J connectivity index is 3.04. The number of benzene rings is 1. The molecule has 0 saturated heterocycles. The molecule has 0 fully saturated rings. The molecule has 94 valence electrons. The van der Waals surface area contributed by atoms with E-state index in [0.717, 1.165) is 18.9 Å². The van der Waals surface area contributed by atoms with Crippen LogP contribution in [0, 0.1) is 11.6 Å². The normalized spacial score (nSPS) is 10.6. The van der Waals surface area contributed by atoms with Crippen molar-refractivity contribution >= 4 is 11.7 Å². The van der Waals surface area contributed by atoms with Gasteiger partial charge in [0, 0.05) is 6.04 Å². The number of rotatable bonds is 5. The maximum atomic E-state index is 13.6. The predicted molar refractivity (Wildman–Crippen MR) is 61.3 cm³/mol. The molecule has 0 aromatic heterocycles. The molecule has 1 rings (SSSR count). The quantitative estimate of drug-likeness (QED) is 0.834. The van der Waals surface area contributed by atoms with Gasteiger partial charge in [-0.3, -0.25) is 0 Å². The Hall–Kier alpha value is -1.65. The summed E-state index contributed by atoms with van der Waals surface area (Å²) in [4.78, 5) is 10.6. The molecule has 0 bridgehead atoms. The van der Waals surface area contributed by atoms with E-state index in [1.54, 1.807) is 0 Å². The minimum Gasteiger partial charge on any atom is -0.478 e. The fourth-order valence-electron chi connectivity index (χ4n) is 1.54. The van der Waals surface area contributed by atoms with Gasteiger partial charge >= 0.3 is 5.97 Å². The van der Waals surface area contributed by atoms with Crippen molar-refractivity contribution in [2.45, 2.75) is 32.7 Å². The van der Waals surface area contributed by atoms with E-state index in [1.165, 1.54) is 6.07 Å². The van der Waals surface area contributed by atoms with Crippen LogP contribution < -0.4 is 5.32 Å². The highest BCUT2D eigenvalue weighted by atomic mass is 19.2. The summed E-state index contributed by atoms with van der Waals surface area (Å²) in [5, 5.41) is 11.5. The topological polar surface area (TPSA) is 49.3 Å². The fourth-order valence-corrected chi connectivity index (χ4v) is 1.54. The van der Waals surface area contributed by atoms with Crippen LogP contribution in [0.15, 0.2) is 12.1 Å². The van der Waals surface area contributed by atoms with Crippen LogP contribution in [0.25, 0.3) is 0 Å². The summed E-state index contributed by atoms with van der Waals surface area (Å²) < 4.78 is 26.9. The Bertz CT molecular complexity index is 417. The molecule has 0 unspecified atom stereocenters. The van der Waals surface area contributed by atoms with Gasteiger partial charge in [0.25, 0.3) is 0 Å². The van der Waals surface area contributed by atoms with E-state index in [0.29, 0.717) is 0 Å². The van der Waals surface area contributed by atoms with Gasteiger partial charge in [-0.25, -0.2) is 13.6 Å². The first-order valence-corrected chi connectivity index (χ1v) is 5.49. The molecule has 0 amide bonds. The molecule has 0 saturated carbocycles. The Kier molecular flexibility index (Phi) is 4.43. The van der Waals surface area contributed by atoms with Gasteiger partial charge in [0.05, 0.1) is 11.3 Å². The summed E-state index contributed by atoms with van der Waals surface area (Å²) in [6.45, 7) is 3.86. The van der Waals surface area contributed by atoms with Crippen molar-refractivity contribution in [3.8, 4) is 0 Å². The van der Waals surface area contributed by atoms with Crippen LogP contribution >= 0.6 is 0 Å². The van der Waals surface area contributed by atoms with Crippen LogP contribution in [0.3, 0.4) is 0 Å². The molecule has 0 heterocycles. The second kappa shape index (κ2) is 5.61. The number of hydrogen-bond acceptors (Lipinski definition) is 2. The Labute approximate surface area is 98.5 Å². The summed E-state index contributed by atoms with van der Waals surface area (Å²) in [6, 6.07) is 2.35. The third-order valence-corrected chi connectivity index (χ3v) is 2.66. The third-order valence-electron chi connectivity index (χ3n) is 2.66. The molecule has 0 radical (unpaired) electrons. The van der Waals surface area contributed by atoms with E-state index in [-0.39, 0.29) is 11.7 Å². The Morgan fingerprint density at radius 3 is 2.35 bits per heavy atom. The third kappa shape index (κ3) is 2.93.